The van der Waals surface area contributed by atoms with Crippen molar-refractivity contribution in [2.24, 2.45) is 0 Å². The van der Waals surface area contributed by atoms with E-state index in [1.165, 1.54) is 52.3 Å². The van der Waals surface area contributed by atoms with Crippen LogP contribution >= 0.6 is 11.8 Å². The number of imide groups is 1. The van der Waals surface area contributed by atoms with Gasteiger partial charge in [0.25, 0.3) is 0 Å². The third-order valence-corrected chi connectivity index (χ3v) is 7.70. The lowest BCUT2D eigenvalue weighted by Gasteiger charge is -2.26. The van der Waals surface area contributed by atoms with Crippen molar-refractivity contribution in [1.82, 2.24) is 25.0 Å². The number of carbonyl (C=O) groups is 2. The fourth-order valence-corrected chi connectivity index (χ4v) is 5.94. The third-order valence-electron chi connectivity index (χ3n) is 6.66. The van der Waals surface area contributed by atoms with Crippen LogP contribution in [0.25, 0.3) is 10.8 Å². The maximum absolute atomic E-state index is 12.9. The molecule has 2 aromatic carbocycles. The van der Waals surface area contributed by atoms with Gasteiger partial charge in [0.05, 0.1) is 5.25 Å². The zero-order valence-electron chi connectivity index (χ0n) is 18.9. The largest absolute Gasteiger partial charge is 0.336 e. The summed E-state index contributed by atoms with van der Waals surface area (Å²) in [5, 5.41) is 14.7. The highest BCUT2D eigenvalue weighted by Crippen LogP contribution is 2.35. The predicted octanol–water partition coefficient (Wildman–Crippen LogP) is 4.56. The Morgan fingerprint density at radius 3 is 2.70 bits per heavy atom. The van der Waals surface area contributed by atoms with Crippen molar-refractivity contribution in [3.05, 3.63) is 53.9 Å². The molecule has 1 aliphatic carbocycles. The SMILES string of the molecule is C[C@@H](Sc1nnc(Cc2cccc3ccccc23)n1C1CCCCC1)C(=O)N1CCNC1=O. The van der Waals surface area contributed by atoms with E-state index < -0.39 is 5.25 Å². The first-order valence-corrected chi connectivity index (χ1v) is 12.7. The molecule has 5 rings (SSSR count). The van der Waals surface area contributed by atoms with Gasteiger partial charge in [-0.2, -0.15) is 0 Å². The van der Waals surface area contributed by atoms with E-state index in [0.29, 0.717) is 25.6 Å². The predicted molar refractivity (Wildman–Crippen MR) is 129 cm³/mol. The van der Waals surface area contributed by atoms with Crippen molar-refractivity contribution in [1.29, 1.82) is 0 Å². The molecule has 0 radical (unpaired) electrons. The number of benzene rings is 2. The molecular formula is C25H29N5O2S. The lowest BCUT2D eigenvalue weighted by atomic mass is 9.95. The second-order valence-electron chi connectivity index (χ2n) is 8.86. The van der Waals surface area contributed by atoms with Crippen LogP contribution in [0.15, 0.2) is 47.6 Å². The van der Waals surface area contributed by atoms with Gasteiger partial charge in [0.2, 0.25) is 5.91 Å². The first-order chi connectivity index (χ1) is 16.1. The number of thioether (sulfide) groups is 1. The van der Waals surface area contributed by atoms with E-state index >= 15 is 0 Å². The van der Waals surface area contributed by atoms with E-state index in [1.807, 2.05) is 6.92 Å². The molecule has 3 amide bonds. The molecular weight excluding hydrogens is 434 g/mol. The standard InChI is InChI=1S/C25H29N5O2S/c1-17(23(31)29-15-14-26-24(29)32)33-25-28-27-22(30(25)20-11-3-2-4-12-20)16-19-10-7-9-18-8-5-6-13-21(18)19/h5-10,13,17,20H,2-4,11-12,14-16H2,1H3,(H,26,32)/t17-/m1/s1. The van der Waals surface area contributed by atoms with Gasteiger partial charge in [-0.1, -0.05) is 73.5 Å². The maximum Gasteiger partial charge on any atom is 0.324 e. The Labute approximate surface area is 197 Å². The summed E-state index contributed by atoms with van der Waals surface area (Å²) in [6.45, 7) is 2.78. The molecule has 172 valence electrons. The van der Waals surface area contributed by atoms with Crippen LogP contribution in [0.3, 0.4) is 0 Å². The van der Waals surface area contributed by atoms with Crippen molar-refractivity contribution in [3.8, 4) is 0 Å². The minimum absolute atomic E-state index is 0.177. The molecule has 1 saturated carbocycles. The summed E-state index contributed by atoms with van der Waals surface area (Å²) >= 11 is 1.41. The Hall–Kier alpha value is -2.87. The smallest absolute Gasteiger partial charge is 0.324 e. The summed E-state index contributed by atoms with van der Waals surface area (Å²) in [6.07, 6.45) is 6.56. The van der Waals surface area contributed by atoms with E-state index in [4.69, 9.17) is 0 Å². The molecule has 1 saturated heterocycles. The molecule has 0 unspecified atom stereocenters. The van der Waals surface area contributed by atoms with E-state index in [9.17, 15) is 9.59 Å². The third kappa shape index (κ3) is 4.49. The van der Waals surface area contributed by atoms with Crippen LogP contribution in [0.1, 0.15) is 56.5 Å². The summed E-state index contributed by atoms with van der Waals surface area (Å²) < 4.78 is 2.28. The van der Waals surface area contributed by atoms with Crippen LogP contribution < -0.4 is 5.32 Å². The number of rotatable bonds is 6. The van der Waals surface area contributed by atoms with Crippen molar-refractivity contribution in [2.75, 3.05) is 13.1 Å². The summed E-state index contributed by atoms with van der Waals surface area (Å²) in [4.78, 5) is 26.1. The van der Waals surface area contributed by atoms with Gasteiger partial charge in [-0.3, -0.25) is 9.69 Å². The molecule has 1 atom stereocenters. The number of aromatic nitrogens is 3. The summed E-state index contributed by atoms with van der Waals surface area (Å²) in [5.74, 6) is 0.767. The van der Waals surface area contributed by atoms with Crippen molar-refractivity contribution < 1.29 is 9.59 Å². The lowest BCUT2D eigenvalue weighted by molar-refractivity contribution is -0.126. The number of nitrogens with zero attached hydrogens (tertiary/aromatic N) is 4. The number of hydrogen-bond donors (Lipinski definition) is 1. The molecule has 2 heterocycles. The van der Waals surface area contributed by atoms with Gasteiger partial charge in [-0.15, -0.1) is 10.2 Å². The van der Waals surface area contributed by atoms with Crippen LogP contribution in [0, 0.1) is 0 Å². The molecule has 0 bridgehead atoms. The second-order valence-corrected chi connectivity index (χ2v) is 10.2. The van der Waals surface area contributed by atoms with Crippen LogP contribution in [0.5, 0.6) is 0 Å². The topological polar surface area (TPSA) is 80.1 Å². The fraction of sp³-hybridized carbons (Fsp3) is 0.440. The zero-order chi connectivity index (χ0) is 22.8. The molecule has 0 spiro atoms. The van der Waals surface area contributed by atoms with Crippen molar-refractivity contribution in [2.45, 2.75) is 61.9 Å². The normalized spacial score (nSPS) is 18.0. The first kappa shape index (κ1) is 21.9. The summed E-state index contributed by atoms with van der Waals surface area (Å²) in [7, 11) is 0. The monoisotopic (exact) mass is 463 g/mol. The van der Waals surface area contributed by atoms with E-state index in [0.717, 1.165) is 23.8 Å². The highest BCUT2D eigenvalue weighted by atomic mass is 32.2. The number of urea groups is 1. The molecule has 2 aliphatic rings. The van der Waals surface area contributed by atoms with E-state index in [1.54, 1.807) is 0 Å². The van der Waals surface area contributed by atoms with Crippen molar-refractivity contribution in [3.63, 3.8) is 0 Å². The Morgan fingerprint density at radius 1 is 1.12 bits per heavy atom. The highest BCUT2D eigenvalue weighted by Gasteiger charge is 2.32. The lowest BCUT2D eigenvalue weighted by Crippen LogP contribution is -2.39. The molecule has 1 N–H and O–H groups in total. The van der Waals surface area contributed by atoms with E-state index in [2.05, 4.69) is 62.5 Å². The van der Waals surface area contributed by atoms with Gasteiger partial charge < -0.3 is 9.88 Å². The number of fused-ring (bicyclic) bond motifs is 1. The molecule has 1 aromatic heterocycles. The van der Waals surface area contributed by atoms with Crippen molar-refractivity contribution >= 4 is 34.5 Å². The van der Waals surface area contributed by atoms with Gasteiger partial charge >= 0.3 is 6.03 Å². The Bertz CT molecular complexity index is 1170. The summed E-state index contributed by atoms with van der Waals surface area (Å²) in [5.41, 5.74) is 1.23. The molecule has 3 aromatic rings. The Balaban J connectivity index is 1.45. The Morgan fingerprint density at radius 2 is 1.91 bits per heavy atom. The number of nitrogens with one attached hydrogen (secondary N) is 1. The van der Waals surface area contributed by atoms with Gasteiger partial charge in [-0.05, 0) is 36.1 Å². The Kier molecular flexibility index (Phi) is 6.35. The highest BCUT2D eigenvalue weighted by molar-refractivity contribution is 8.00. The number of hydrogen-bond acceptors (Lipinski definition) is 5. The van der Waals surface area contributed by atoms with Crippen LogP contribution in [0.2, 0.25) is 0 Å². The fourth-order valence-electron chi connectivity index (χ4n) is 4.94. The van der Waals surface area contributed by atoms with Gasteiger partial charge in [0.1, 0.15) is 5.82 Å². The quantitative estimate of drug-likeness (QED) is 0.542. The number of carbonyl (C=O) groups excluding carboxylic acids is 2. The van der Waals surface area contributed by atoms with Gasteiger partial charge in [0.15, 0.2) is 5.16 Å². The molecule has 7 nitrogen and oxygen atoms in total. The van der Waals surface area contributed by atoms with Crippen LogP contribution in [0.4, 0.5) is 4.79 Å². The number of amides is 3. The molecule has 2 fully saturated rings. The molecule has 1 aliphatic heterocycles. The maximum atomic E-state index is 12.9. The molecule has 8 heteroatoms. The molecule has 33 heavy (non-hydrogen) atoms. The van der Waals surface area contributed by atoms with E-state index in [-0.39, 0.29) is 11.9 Å². The minimum Gasteiger partial charge on any atom is -0.336 e. The first-order valence-electron chi connectivity index (χ1n) is 11.8. The average molecular weight is 464 g/mol. The average Bonchev–Trinajstić information content (AvgIpc) is 3.45. The zero-order valence-corrected chi connectivity index (χ0v) is 19.7. The van der Waals surface area contributed by atoms with Crippen LogP contribution in [-0.2, 0) is 11.2 Å². The van der Waals surface area contributed by atoms with Gasteiger partial charge in [-0.25, -0.2) is 4.79 Å². The second kappa shape index (κ2) is 9.55. The van der Waals surface area contributed by atoms with Crippen LogP contribution in [-0.4, -0.2) is 49.9 Å². The van der Waals surface area contributed by atoms with Gasteiger partial charge in [0, 0.05) is 25.6 Å². The minimum atomic E-state index is -0.411. The summed E-state index contributed by atoms with van der Waals surface area (Å²) in [6, 6.07) is 14.8.